The molecule has 0 unspecified atom stereocenters. The first-order valence-electron chi connectivity index (χ1n) is 8.71. The van der Waals surface area contributed by atoms with E-state index in [0.29, 0.717) is 29.3 Å². The fourth-order valence-corrected chi connectivity index (χ4v) is 4.32. The maximum atomic E-state index is 12.9. The van der Waals surface area contributed by atoms with Crippen LogP contribution in [0.5, 0.6) is 0 Å². The second-order valence-electron chi connectivity index (χ2n) is 6.56. The molecule has 0 spiro atoms. The summed E-state index contributed by atoms with van der Waals surface area (Å²) in [6, 6.07) is 9.60. The molecule has 0 saturated heterocycles. The van der Waals surface area contributed by atoms with Crippen LogP contribution in [0.25, 0.3) is 5.69 Å². The molecule has 0 atom stereocenters. The van der Waals surface area contributed by atoms with Gasteiger partial charge in [0.05, 0.1) is 22.0 Å². The van der Waals surface area contributed by atoms with Crippen LogP contribution in [-0.2, 0) is 21.0 Å². The number of rotatable bonds is 5. The molecule has 1 amide bonds. The van der Waals surface area contributed by atoms with Crippen molar-refractivity contribution >= 4 is 39.0 Å². The van der Waals surface area contributed by atoms with Gasteiger partial charge < -0.3 is 5.32 Å². The number of aromatic nitrogens is 2. The van der Waals surface area contributed by atoms with Crippen molar-refractivity contribution in [1.29, 1.82) is 0 Å². The van der Waals surface area contributed by atoms with Crippen molar-refractivity contribution in [2.24, 2.45) is 0 Å². The smallest absolute Gasteiger partial charge is 0.311 e. The molecule has 1 heterocycles. The van der Waals surface area contributed by atoms with Gasteiger partial charge in [0.2, 0.25) is 5.91 Å². The van der Waals surface area contributed by atoms with Crippen molar-refractivity contribution in [1.82, 2.24) is 9.78 Å². The van der Waals surface area contributed by atoms with Crippen LogP contribution < -0.4 is 10.0 Å². The molecule has 0 saturated carbocycles. The molecule has 0 fully saturated rings. The lowest BCUT2D eigenvalue weighted by Gasteiger charge is -2.13. The summed E-state index contributed by atoms with van der Waals surface area (Å²) < 4.78 is 67.7. The van der Waals surface area contributed by atoms with Crippen LogP contribution in [0, 0.1) is 6.92 Å². The van der Waals surface area contributed by atoms with Crippen LogP contribution in [0.4, 0.5) is 24.7 Å². The second kappa shape index (κ2) is 8.23. The molecular weight excluding hydrogens is 457 g/mol. The number of benzene rings is 2. The Morgan fingerprint density at radius 1 is 1.10 bits per heavy atom. The summed E-state index contributed by atoms with van der Waals surface area (Å²) in [5.41, 5.74) is 0.138. The highest BCUT2D eigenvalue weighted by Gasteiger charge is 2.32. The normalized spacial score (nSPS) is 11.9. The highest BCUT2D eigenvalue weighted by Crippen LogP contribution is 2.34. The summed E-state index contributed by atoms with van der Waals surface area (Å²) in [4.78, 5) is 10.7. The Hall–Kier alpha value is -3.05. The van der Waals surface area contributed by atoms with E-state index in [-0.39, 0.29) is 16.6 Å². The van der Waals surface area contributed by atoms with Crippen molar-refractivity contribution < 1.29 is 26.4 Å². The number of amides is 1. The number of carbonyl (C=O) groups is 1. The van der Waals surface area contributed by atoms with Gasteiger partial charge >= 0.3 is 6.18 Å². The molecule has 0 aliphatic carbocycles. The van der Waals surface area contributed by atoms with Crippen LogP contribution >= 0.6 is 11.6 Å². The van der Waals surface area contributed by atoms with Gasteiger partial charge in [-0.05, 0) is 49.4 Å². The van der Waals surface area contributed by atoms with E-state index in [1.807, 2.05) is 0 Å². The van der Waals surface area contributed by atoms with E-state index >= 15 is 0 Å². The molecule has 0 radical (unpaired) electrons. The maximum absolute atomic E-state index is 12.9. The Bertz CT molecular complexity index is 1240. The topological polar surface area (TPSA) is 93.1 Å². The van der Waals surface area contributed by atoms with E-state index < -0.39 is 26.7 Å². The number of alkyl halides is 3. The molecule has 3 aromatic rings. The van der Waals surface area contributed by atoms with E-state index in [4.69, 9.17) is 11.6 Å². The van der Waals surface area contributed by atoms with E-state index in [2.05, 4.69) is 15.1 Å². The molecular formula is C19H16ClF3N4O3S. The molecule has 31 heavy (non-hydrogen) atoms. The van der Waals surface area contributed by atoms with E-state index in [1.54, 1.807) is 13.0 Å². The zero-order valence-electron chi connectivity index (χ0n) is 16.2. The van der Waals surface area contributed by atoms with Gasteiger partial charge in [0.25, 0.3) is 10.0 Å². The standard InChI is InChI=1S/C19H16ClF3N4O3S/c1-11-9-18(24-12(2)28)27(25-11)15-6-4-14(5-7-15)26-31(29,30)17-10-13(19(21,22)23)3-8-16(17)20/h3-10,26H,1-2H3,(H,24,28). The predicted octanol–water partition coefficient (Wildman–Crippen LogP) is 4.61. The Labute approximate surface area is 180 Å². The van der Waals surface area contributed by atoms with Gasteiger partial charge in [-0.1, -0.05) is 11.6 Å². The van der Waals surface area contributed by atoms with Crippen LogP contribution in [0.2, 0.25) is 5.02 Å². The van der Waals surface area contributed by atoms with Crippen molar-refractivity contribution in [3.8, 4) is 5.69 Å². The number of hydrogen-bond acceptors (Lipinski definition) is 4. The molecule has 0 bridgehead atoms. The van der Waals surface area contributed by atoms with Crippen LogP contribution in [-0.4, -0.2) is 24.1 Å². The highest BCUT2D eigenvalue weighted by molar-refractivity contribution is 7.92. The first-order valence-corrected chi connectivity index (χ1v) is 10.6. The van der Waals surface area contributed by atoms with Crippen LogP contribution in [0.15, 0.2) is 53.4 Å². The first kappa shape index (κ1) is 22.6. The van der Waals surface area contributed by atoms with E-state index in [0.717, 1.165) is 6.07 Å². The predicted molar refractivity (Wildman–Crippen MR) is 110 cm³/mol. The van der Waals surface area contributed by atoms with Gasteiger partial charge in [-0.15, -0.1) is 0 Å². The third-order valence-electron chi connectivity index (χ3n) is 4.05. The van der Waals surface area contributed by atoms with Crippen molar-refractivity contribution in [3.05, 3.63) is 64.8 Å². The minimum Gasteiger partial charge on any atom is -0.311 e. The lowest BCUT2D eigenvalue weighted by molar-refractivity contribution is -0.137. The van der Waals surface area contributed by atoms with Gasteiger partial charge in [-0.25, -0.2) is 13.1 Å². The Balaban J connectivity index is 1.89. The summed E-state index contributed by atoms with van der Waals surface area (Å²) in [5.74, 6) is 0.137. The van der Waals surface area contributed by atoms with Gasteiger partial charge in [0.15, 0.2) is 0 Å². The number of anilines is 2. The molecule has 164 valence electrons. The Morgan fingerprint density at radius 3 is 2.32 bits per heavy atom. The number of carbonyl (C=O) groups excluding carboxylic acids is 1. The second-order valence-corrected chi connectivity index (χ2v) is 8.62. The average molecular weight is 473 g/mol. The summed E-state index contributed by atoms with van der Waals surface area (Å²) in [7, 11) is -4.39. The molecule has 0 aliphatic heterocycles. The zero-order chi connectivity index (χ0) is 23.0. The fraction of sp³-hybridized carbons (Fsp3) is 0.158. The van der Waals surface area contributed by atoms with Crippen LogP contribution in [0.1, 0.15) is 18.2 Å². The Kier molecular flexibility index (Phi) is 6.01. The number of nitrogens with one attached hydrogen (secondary N) is 2. The third kappa shape index (κ3) is 5.17. The maximum Gasteiger partial charge on any atom is 0.416 e. The molecule has 2 N–H and O–H groups in total. The largest absolute Gasteiger partial charge is 0.416 e. The molecule has 3 rings (SSSR count). The fourth-order valence-electron chi connectivity index (χ4n) is 2.73. The molecule has 7 nitrogen and oxygen atoms in total. The minimum atomic E-state index is -4.72. The SMILES string of the molecule is CC(=O)Nc1cc(C)nn1-c1ccc(NS(=O)(=O)c2cc(C(F)(F)F)ccc2Cl)cc1. The summed E-state index contributed by atoms with van der Waals surface area (Å²) in [5, 5.41) is 6.56. The number of hydrogen-bond donors (Lipinski definition) is 2. The quantitative estimate of drug-likeness (QED) is 0.567. The number of halogens is 4. The van der Waals surface area contributed by atoms with Crippen molar-refractivity contribution in [2.75, 3.05) is 10.0 Å². The zero-order valence-corrected chi connectivity index (χ0v) is 17.7. The lowest BCUT2D eigenvalue weighted by Crippen LogP contribution is -2.15. The minimum absolute atomic E-state index is 0.0992. The molecule has 1 aromatic heterocycles. The van der Waals surface area contributed by atoms with Gasteiger partial charge in [0.1, 0.15) is 10.7 Å². The van der Waals surface area contributed by atoms with Gasteiger partial charge in [-0.2, -0.15) is 18.3 Å². The first-order chi connectivity index (χ1) is 14.4. The van der Waals surface area contributed by atoms with Crippen LogP contribution in [0.3, 0.4) is 0 Å². The number of aryl methyl sites for hydroxylation is 1. The monoisotopic (exact) mass is 472 g/mol. The Morgan fingerprint density at radius 2 is 1.74 bits per heavy atom. The highest BCUT2D eigenvalue weighted by atomic mass is 35.5. The molecule has 2 aromatic carbocycles. The third-order valence-corrected chi connectivity index (χ3v) is 5.91. The number of nitrogens with zero attached hydrogens (tertiary/aromatic N) is 2. The molecule has 0 aliphatic rings. The van der Waals surface area contributed by atoms with Crippen molar-refractivity contribution in [2.45, 2.75) is 24.9 Å². The van der Waals surface area contributed by atoms with Crippen molar-refractivity contribution in [3.63, 3.8) is 0 Å². The number of sulfonamides is 1. The molecule has 12 heteroatoms. The van der Waals surface area contributed by atoms with Gasteiger partial charge in [-0.3, -0.25) is 9.52 Å². The van der Waals surface area contributed by atoms with E-state index in [9.17, 15) is 26.4 Å². The summed E-state index contributed by atoms with van der Waals surface area (Å²) in [6.07, 6.45) is -4.72. The summed E-state index contributed by atoms with van der Waals surface area (Å²) in [6.45, 7) is 3.09. The summed E-state index contributed by atoms with van der Waals surface area (Å²) >= 11 is 5.83. The lowest BCUT2D eigenvalue weighted by atomic mass is 10.2. The average Bonchev–Trinajstić information content (AvgIpc) is 3.00. The van der Waals surface area contributed by atoms with Gasteiger partial charge in [0, 0.05) is 18.7 Å². The van der Waals surface area contributed by atoms with E-state index in [1.165, 1.54) is 35.9 Å².